The molecule has 0 unspecified atom stereocenters. The number of carbonyl (C=O) groups is 2. The fraction of sp³-hybridized carbons (Fsp3) is 0.346. The number of fused-ring (bicyclic) bond motifs is 3. The highest BCUT2D eigenvalue weighted by molar-refractivity contribution is 5.95. The molecule has 1 aromatic carbocycles. The molecule has 0 saturated heterocycles. The van der Waals surface area contributed by atoms with Crippen molar-refractivity contribution < 1.29 is 28.9 Å². The number of hydrogen-bond acceptors (Lipinski definition) is 9. The first kappa shape index (κ1) is 24.6. The molecule has 3 heterocycles. The molecule has 0 aliphatic carbocycles. The van der Waals surface area contributed by atoms with Gasteiger partial charge in [0, 0.05) is 48.9 Å². The second kappa shape index (κ2) is 9.99. The number of ether oxygens (including phenoxy) is 3. The largest absolute Gasteiger partial charge is 0.454 e. The topological polar surface area (TPSA) is 124 Å². The molecule has 2 aliphatic heterocycles. The van der Waals surface area contributed by atoms with Crippen LogP contribution in [0.4, 0.5) is 0 Å². The van der Waals surface area contributed by atoms with E-state index in [1.165, 1.54) is 14.0 Å². The summed E-state index contributed by atoms with van der Waals surface area (Å²) in [5.41, 5.74) is 8.16. The zero-order valence-corrected chi connectivity index (χ0v) is 20.0. The number of aldehydes is 2. The van der Waals surface area contributed by atoms with Gasteiger partial charge in [-0.25, -0.2) is 4.98 Å². The summed E-state index contributed by atoms with van der Waals surface area (Å²) in [6.45, 7) is 2.52. The number of aliphatic hydroxyl groups is 1. The number of benzene rings is 1. The molecule has 9 nitrogen and oxygen atoms in total. The normalized spacial score (nSPS) is 18.2. The van der Waals surface area contributed by atoms with Crippen LogP contribution in [-0.2, 0) is 20.9 Å². The summed E-state index contributed by atoms with van der Waals surface area (Å²) in [6.07, 6.45) is 7.42. The summed E-state index contributed by atoms with van der Waals surface area (Å²) in [5.74, 6) is 1.28. The number of nitrogens with zero attached hydrogens (tertiary/aromatic N) is 2. The van der Waals surface area contributed by atoms with Gasteiger partial charge in [-0.2, -0.15) is 0 Å². The van der Waals surface area contributed by atoms with Crippen molar-refractivity contribution in [3.63, 3.8) is 0 Å². The molecule has 1 aromatic heterocycles. The van der Waals surface area contributed by atoms with Crippen molar-refractivity contribution in [1.82, 2.24) is 9.88 Å². The zero-order valence-electron chi connectivity index (χ0n) is 20.0. The first-order valence-corrected chi connectivity index (χ1v) is 11.3. The third-order valence-electron chi connectivity index (χ3n) is 6.14. The molecule has 0 amide bonds. The third-order valence-corrected chi connectivity index (χ3v) is 6.14. The molecule has 0 bridgehead atoms. The van der Waals surface area contributed by atoms with Crippen LogP contribution in [0.3, 0.4) is 0 Å². The highest BCUT2D eigenvalue weighted by atomic mass is 16.7. The van der Waals surface area contributed by atoms with Crippen LogP contribution in [0.25, 0.3) is 22.7 Å². The van der Waals surface area contributed by atoms with E-state index >= 15 is 0 Å². The summed E-state index contributed by atoms with van der Waals surface area (Å²) in [4.78, 5) is 30.4. The van der Waals surface area contributed by atoms with E-state index in [9.17, 15) is 14.7 Å². The Bertz CT molecular complexity index is 1260. The lowest BCUT2D eigenvalue weighted by atomic mass is 9.91. The fourth-order valence-corrected chi connectivity index (χ4v) is 4.35. The van der Waals surface area contributed by atoms with Crippen molar-refractivity contribution in [3.05, 3.63) is 52.3 Å². The average Bonchev–Trinajstić information content (AvgIpc) is 3.42. The monoisotopic (exact) mass is 479 g/mol. The van der Waals surface area contributed by atoms with E-state index < -0.39 is 5.60 Å². The Labute approximate surface area is 203 Å². The van der Waals surface area contributed by atoms with E-state index in [4.69, 9.17) is 24.9 Å². The van der Waals surface area contributed by atoms with Crippen LogP contribution < -0.4 is 15.2 Å². The number of hydrogen-bond donors (Lipinski definition) is 2. The molecule has 0 saturated carbocycles. The van der Waals surface area contributed by atoms with Crippen molar-refractivity contribution in [2.75, 3.05) is 34.1 Å². The molecule has 9 heteroatoms. The number of pyridine rings is 1. The first-order chi connectivity index (χ1) is 16.8. The van der Waals surface area contributed by atoms with Gasteiger partial charge in [0.1, 0.15) is 11.9 Å². The van der Waals surface area contributed by atoms with Crippen LogP contribution in [-0.4, -0.2) is 67.3 Å². The molecular weight excluding hydrogens is 450 g/mol. The van der Waals surface area contributed by atoms with Gasteiger partial charge in [0.15, 0.2) is 17.8 Å². The number of aromatic nitrogens is 1. The third kappa shape index (κ3) is 4.58. The standard InChI is InChI=1S/C26H29N3O6/c1-26(32,14-31)20(16(12-30)13-33-3)9-22-25-19(11-29(22)2)17(6-4-5-7-27)18-8-23-24(35-15-34-23)10-21(18)28-25/h4,6,8-10,12,14,32H,5,7,11,13,15,27H2,1-3H3/b6-4+,20-16-,22-9-/t26-/m1/s1. The molecule has 2 aliphatic rings. The lowest BCUT2D eigenvalue weighted by Gasteiger charge is -2.22. The van der Waals surface area contributed by atoms with Gasteiger partial charge in [0.05, 0.1) is 23.5 Å². The molecule has 0 fully saturated rings. The van der Waals surface area contributed by atoms with E-state index in [0.717, 1.165) is 22.9 Å². The van der Waals surface area contributed by atoms with E-state index in [2.05, 4.69) is 0 Å². The Kier molecular flexibility index (Phi) is 7.02. The summed E-state index contributed by atoms with van der Waals surface area (Å²) in [7, 11) is 3.33. The quantitative estimate of drug-likeness (QED) is 0.411. The Morgan fingerprint density at radius 2 is 2.06 bits per heavy atom. The molecule has 1 atom stereocenters. The molecule has 0 spiro atoms. The highest BCUT2D eigenvalue weighted by Crippen LogP contribution is 2.42. The van der Waals surface area contributed by atoms with Gasteiger partial charge < -0.3 is 30.0 Å². The highest BCUT2D eigenvalue weighted by Gasteiger charge is 2.32. The number of nitrogens with two attached hydrogens (primary N) is 1. The van der Waals surface area contributed by atoms with Gasteiger partial charge in [-0.1, -0.05) is 12.2 Å². The van der Waals surface area contributed by atoms with E-state index in [0.29, 0.717) is 54.1 Å². The van der Waals surface area contributed by atoms with Gasteiger partial charge in [0.2, 0.25) is 6.79 Å². The summed E-state index contributed by atoms with van der Waals surface area (Å²) < 4.78 is 16.3. The minimum Gasteiger partial charge on any atom is -0.454 e. The smallest absolute Gasteiger partial charge is 0.231 e. The molecule has 3 N–H and O–H groups in total. The van der Waals surface area contributed by atoms with Crippen LogP contribution in [0.1, 0.15) is 30.2 Å². The van der Waals surface area contributed by atoms with Crippen LogP contribution >= 0.6 is 0 Å². The Balaban J connectivity index is 1.98. The van der Waals surface area contributed by atoms with E-state index in [1.807, 2.05) is 36.2 Å². The molecular formula is C26H29N3O6. The minimum absolute atomic E-state index is 0.0507. The van der Waals surface area contributed by atoms with Gasteiger partial charge >= 0.3 is 0 Å². The van der Waals surface area contributed by atoms with Gasteiger partial charge in [0.25, 0.3) is 0 Å². The average molecular weight is 480 g/mol. The first-order valence-electron chi connectivity index (χ1n) is 11.3. The maximum absolute atomic E-state index is 11.8. The predicted molar refractivity (Wildman–Crippen MR) is 132 cm³/mol. The van der Waals surface area contributed by atoms with Crippen LogP contribution in [0.5, 0.6) is 11.5 Å². The van der Waals surface area contributed by atoms with Crippen LogP contribution in [0, 0.1) is 0 Å². The summed E-state index contributed by atoms with van der Waals surface area (Å²) in [5, 5.41) is 11.7. The van der Waals surface area contributed by atoms with E-state index in [1.54, 1.807) is 6.08 Å². The van der Waals surface area contributed by atoms with Gasteiger partial charge in [-0.3, -0.25) is 9.59 Å². The fourth-order valence-electron chi connectivity index (χ4n) is 4.35. The Hall–Kier alpha value is -3.53. The second-order valence-corrected chi connectivity index (χ2v) is 8.70. The number of methoxy groups -OCH3 is 1. The van der Waals surface area contributed by atoms with Crippen molar-refractivity contribution in [2.24, 2.45) is 5.73 Å². The van der Waals surface area contributed by atoms with Crippen molar-refractivity contribution in [1.29, 1.82) is 0 Å². The lowest BCUT2D eigenvalue weighted by Crippen LogP contribution is -2.30. The number of carbonyl (C=O) groups excluding carboxylic acids is 2. The van der Waals surface area contributed by atoms with Crippen molar-refractivity contribution >= 4 is 35.2 Å². The van der Waals surface area contributed by atoms with Gasteiger partial charge in [-0.15, -0.1) is 0 Å². The lowest BCUT2D eigenvalue weighted by molar-refractivity contribution is -0.119. The zero-order chi connectivity index (χ0) is 25.2. The van der Waals surface area contributed by atoms with Crippen LogP contribution in [0.15, 0.2) is 35.4 Å². The second-order valence-electron chi connectivity index (χ2n) is 8.70. The van der Waals surface area contributed by atoms with Crippen molar-refractivity contribution in [3.8, 4) is 11.5 Å². The molecule has 0 radical (unpaired) electrons. The molecule has 2 aromatic rings. The maximum Gasteiger partial charge on any atom is 0.231 e. The summed E-state index contributed by atoms with van der Waals surface area (Å²) in [6, 6.07) is 3.77. The number of rotatable bonds is 9. The Morgan fingerprint density at radius 1 is 1.31 bits per heavy atom. The van der Waals surface area contributed by atoms with Crippen molar-refractivity contribution in [2.45, 2.75) is 25.5 Å². The maximum atomic E-state index is 11.8. The molecule has 35 heavy (non-hydrogen) atoms. The SMILES string of the molecule is COC/C(C=O)=C(/C=C1/c2nc3cc4c(cc3c(/C=C/CCN)c2CN1C)OCO4)[C@](C)(O)C=O. The van der Waals surface area contributed by atoms with E-state index in [-0.39, 0.29) is 24.5 Å². The van der Waals surface area contributed by atoms with Crippen LogP contribution in [0.2, 0.25) is 0 Å². The Morgan fingerprint density at radius 3 is 2.71 bits per heavy atom. The molecule has 4 rings (SSSR count). The van der Waals surface area contributed by atoms with Gasteiger partial charge in [-0.05, 0) is 37.6 Å². The minimum atomic E-state index is -1.89. The summed E-state index contributed by atoms with van der Waals surface area (Å²) >= 11 is 0. The predicted octanol–water partition coefficient (Wildman–Crippen LogP) is 2.20. The molecule has 184 valence electrons.